The molecule has 4 heteroatoms. The molecule has 0 bridgehead atoms. The third kappa shape index (κ3) is 1.29. The lowest BCUT2D eigenvalue weighted by molar-refractivity contribution is 0.171. The Morgan fingerprint density at radius 2 is 2.08 bits per heavy atom. The van der Waals surface area contributed by atoms with Gasteiger partial charge < -0.3 is 18.9 Å². The van der Waals surface area contributed by atoms with Crippen LogP contribution >= 0.6 is 0 Å². The van der Waals surface area contributed by atoms with Crippen molar-refractivity contribution in [2.45, 2.75) is 6.29 Å². The minimum atomic E-state index is -0.0691. The molecular weight excluding hydrogens is 172 g/mol. The van der Waals surface area contributed by atoms with E-state index in [4.69, 9.17) is 18.9 Å². The maximum Gasteiger partial charge on any atom is 0.231 e. The van der Waals surface area contributed by atoms with E-state index in [1.807, 2.05) is 18.2 Å². The summed E-state index contributed by atoms with van der Waals surface area (Å²) in [4.78, 5) is 0. The molecule has 1 aromatic rings. The molecule has 4 nitrogen and oxygen atoms in total. The zero-order valence-electron chi connectivity index (χ0n) is 6.86. The van der Waals surface area contributed by atoms with Gasteiger partial charge in [0, 0.05) is 6.07 Å². The van der Waals surface area contributed by atoms with Crippen molar-refractivity contribution in [3.8, 4) is 17.2 Å². The second kappa shape index (κ2) is 2.53. The lowest BCUT2D eigenvalue weighted by Gasteiger charge is -2.02. The van der Waals surface area contributed by atoms with Crippen LogP contribution in [0.15, 0.2) is 18.2 Å². The summed E-state index contributed by atoms with van der Waals surface area (Å²) in [6, 6.07) is 5.49. The van der Waals surface area contributed by atoms with Crippen LogP contribution in [0.2, 0.25) is 0 Å². The molecule has 1 atom stereocenters. The molecule has 2 heterocycles. The van der Waals surface area contributed by atoms with Crippen LogP contribution in [0.25, 0.3) is 0 Å². The van der Waals surface area contributed by atoms with Crippen molar-refractivity contribution in [1.82, 2.24) is 0 Å². The summed E-state index contributed by atoms with van der Waals surface area (Å²) in [5.41, 5.74) is 0. The fourth-order valence-electron chi connectivity index (χ4n) is 1.21. The smallest absolute Gasteiger partial charge is 0.231 e. The third-order valence-electron chi connectivity index (χ3n) is 1.91. The van der Waals surface area contributed by atoms with Gasteiger partial charge in [-0.25, -0.2) is 0 Å². The van der Waals surface area contributed by atoms with Gasteiger partial charge in [-0.2, -0.15) is 0 Å². The van der Waals surface area contributed by atoms with Crippen molar-refractivity contribution >= 4 is 0 Å². The van der Waals surface area contributed by atoms with Crippen molar-refractivity contribution in [2.75, 3.05) is 13.4 Å². The second-order valence-corrected chi connectivity index (χ2v) is 2.90. The summed E-state index contributed by atoms with van der Waals surface area (Å²) in [5, 5.41) is 0. The molecule has 13 heavy (non-hydrogen) atoms. The topological polar surface area (TPSA) is 40.2 Å². The Morgan fingerprint density at radius 1 is 1.23 bits per heavy atom. The first kappa shape index (κ1) is 7.03. The number of ether oxygens (including phenoxy) is 4. The van der Waals surface area contributed by atoms with Gasteiger partial charge >= 0.3 is 0 Å². The molecule has 2 aliphatic rings. The summed E-state index contributed by atoms with van der Waals surface area (Å²) in [6.07, 6.45) is -0.0691. The van der Waals surface area contributed by atoms with Crippen LogP contribution in [-0.2, 0) is 4.74 Å². The molecule has 2 aliphatic heterocycles. The highest BCUT2D eigenvalue weighted by atomic mass is 16.8. The minimum absolute atomic E-state index is 0.0691. The highest BCUT2D eigenvalue weighted by Gasteiger charge is 2.25. The van der Waals surface area contributed by atoms with Gasteiger partial charge in [-0.1, -0.05) is 0 Å². The Morgan fingerprint density at radius 3 is 2.92 bits per heavy atom. The van der Waals surface area contributed by atoms with E-state index in [1.165, 1.54) is 0 Å². The highest BCUT2D eigenvalue weighted by molar-refractivity contribution is 5.46. The maximum absolute atomic E-state index is 5.39. The molecule has 0 N–H and O–H groups in total. The summed E-state index contributed by atoms with van der Waals surface area (Å²) < 4.78 is 20.7. The van der Waals surface area contributed by atoms with Gasteiger partial charge in [-0.05, 0) is 12.1 Å². The lowest BCUT2D eigenvalue weighted by Crippen LogP contribution is -1.97. The zero-order valence-corrected chi connectivity index (χ0v) is 6.86. The van der Waals surface area contributed by atoms with Crippen molar-refractivity contribution in [2.24, 2.45) is 0 Å². The Bertz CT molecular complexity index is 332. The van der Waals surface area contributed by atoms with Gasteiger partial charge in [0.1, 0.15) is 12.4 Å². The van der Waals surface area contributed by atoms with Gasteiger partial charge in [-0.3, -0.25) is 0 Å². The molecule has 1 unspecified atom stereocenters. The molecular formula is C9H8O4. The molecule has 0 spiro atoms. The number of benzene rings is 1. The van der Waals surface area contributed by atoms with Crippen LogP contribution in [0, 0.1) is 0 Å². The van der Waals surface area contributed by atoms with E-state index < -0.39 is 0 Å². The monoisotopic (exact) mass is 180 g/mol. The number of hydrogen-bond donors (Lipinski definition) is 0. The summed E-state index contributed by atoms with van der Waals surface area (Å²) in [7, 11) is 0. The zero-order chi connectivity index (χ0) is 8.67. The molecule has 0 saturated carbocycles. The highest BCUT2D eigenvalue weighted by Crippen LogP contribution is 2.35. The van der Waals surface area contributed by atoms with Gasteiger partial charge in [0.15, 0.2) is 11.5 Å². The molecule has 0 amide bonds. The second-order valence-electron chi connectivity index (χ2n) is 2.90. The molecule has 3 rings (SSSR count). The Balaban J connectivity index is 1.86. The first-order chi connectivity index (χ1) is 6.42. The van der Waals surface area contributed by atoms with Crippen LogP contribution in [0.5, 0.6) is 17.2 Å². The van der Waals surface area contributed by atoms with Gasteiger partial charge in [-0.15, -0.1) is 0 Å². The Kier molecular flexibility index (Phi) is 1.37. The van der Waals surface area contributed by atoms with Gasteiger partial charge in [0.25, 0.3) is 0 Å². The van der Waals surface area contributed by atoms with E-state index in [1.54, 1.807) is 0 Å². The van der Waals surface area contributed by atoms with Crippen molar-refractivity contribution in [1.29, 1.82) is 0 Å². The average molecular weight is 180 g/mol. The molecule has 1 saturated heterocycles. The minimum Gasteiger partial charge on any atom is -0.462 e. The summed E-state index contributed by atoms with van der Waals surface area (Å²) in [5.74, 6) is 2.26. The van der Waals surface area contributed by atoms with Gasteiger partial charge in [0.2, 0.25) is 13.1 Å². The van der Waals surface area contributed by atoms with Crippen LogP contribution in [0.1, 0.15) is 0 Å². The average Bonchev–Trinajstić information content (AvgIpc) is 2.83. The normalized spacial score (nSPS) is 22.9. The molecule has 68 valence electrons. The lowest BCUT2D eigenvalue weighted by atomic mass is 10.3. The quantitative estimate of drug-likeness (QED) is 0.640. The van der Waals surface area contributed by atoms with Crippen LogP contribution < -0.4 is 14.2 Å². The predicted octanol–water partition coefficient (Wildman–Crippen LogP) is 1.15. The van der Waals surface area contributed by atoms with Crippen LogP contribution in [-0.4, -0.2) is 19.7 Å². The Labute approximate surface area is 75.0 Å². The van der Waals surface area contributed by atoms with Crippen molar-refractivity contribution in [3.63, 3.8) is 0 Å². The largest absolute Gasteiger partial charge is 0.462 e. The van der Waals surface area contributed by atoms with E-state index in [0.29, 0.717) is 13.4 Å². The molecule has 0 aliphatic carbocycles. The van der Waals surface area contributed by atoms with E-state index in [2.05, 4.69) is 0 Å². The SMILES string of the molecule is c1cc2c(cc1OC1CO1)OCO2. The fraction of sp³-hybridized carbons (Fsp3) is 0.333. The molecule has 1 aromatic carbocycles. The number of hydrogen-bond acceptors (Lipinski definition) is 4. The Hall–Kier alpha value is -1.42. The number of epoxide rings is 1. The van der Waals surface area contributed by atoms with E-state index in [9.17, 15) is 0 Å². The van der Waals surface area contributed by atoms with Crippen LogP contribution in [0.3, 0.4) is 0 Å². The number of fused-ring (bicyclic) bond motifs is 1. The van der Waals surface area contributed by atoms with Gasteiger partial charge in [0.05, 0.1) is 0 Å². The molecule has 1 fully saturated rings. The van der Waals surface area contributed by atoms with E-state index in [-0.39, 0.29) is 6.29 Å². The van der Waals surface area contributed by atoms with Crippen LogP contribution in [0.4, 0.5) is 0 Å². The first-order valence-electron chi connectivity index (χ1n) is 4.10. The number of rotatable bonds is 2. The molecule has 0 radical (unpaired) electrons. The third-order valence-corrected chi connectivity index (χ3v) is 1.91. The van der Waals surface area contributed by atoms with Crippen molar-refractivity contribution in [3.05, 3.63) is 18.2 Å². The maximum atomic E-state index is 5.39. The summed E-state index contributed by atoms with van der Waals surface area (Å²) in [6.45, 7) is 0.965. The van der Waals surface area contributed by atoms with E-state index in [0.717, 1.165) is 17.2 Å². The standard InChI is InChI=1S/C9H8O4/c1-2-7-8(12-5-11-7)3-6(1)13-9-4-10-9/h1-3,9H,4-5H2. The van der Waals surface area contributed by atoms with Crippen molar-refractivity contribution < 1.29 is 18.9 Å². The predicted molar refractivity (Wildman–Crippen MR) is 42.9 cm³/mol. The molecule has 0 aromatic heterocycles. The summed E-state index contributed by atoms with van der Waals surface area (Å²) >= 11 is 0. The van der Waals surface area contributed by atoms with E-state index >= 15 is 0 Å². The fourth-order valence-corrected chi connectivity index (χ4v) is 1.21. The first-order valence-corrected chi connectivity index (χ1v) is 4.10.